The Morgan fingerprint density at radius 1 is 0.613 bits per heavy atom. The lowest BCUT2D eigenvalue weighted by Gasteiger charge is -2.09. The predicted octanol–water partition coefficient (Wildman–Crippen LogP) is 9.35. The summed E-state index contributed by atoms with van der Waals surface area (Å²) in [5, 5.41) is 10.4. The Bertz CT molecular complexity index is 469. The molecule has 1 aliphatic heterocycles. The minimum absolute atomic E-state index is 0.233. The maximum absolute atomic E-state index is 12.1. The molecule has 0 fully saturated rings. The molecule has 0 saturated heterocycles. The first-order valence-electron chi connectivity index (χ1n) is 13.8. The number of unbranched alkanes of at least 4 members (excludes halogenated alkanes) is 18. The second kappa shape index (κ2) is 19.7. The Morgan fingerprint density at radius 3 is 1.45 bits per heavy atom. The van der Waals surface area contributed by atoms with Gasteiger partial charge in [-0.2, -0.15) is 0 Å². The summed E-state index contributed by atoms with van der Waals surface area (Å²) in [4.78, 5) is 12.1. The average Bonchev–Trinajstić information content (AvgIpc) is 3.03. The number of rotatable bonds is 22. The smallest absolute Gasteiger partial charge is 0.338 e. The molecule has 0 amide bonds. The molecule has 0 aliphatic carbocycles. The van der Waals surface area contributed by atoms with Gasteiger partial charge >= 0.3 is 5.97 Å². The molecule has 3 heteroatoms. The van der Waals surface area contributed by atoms with Crippen LogP contribution >= 0.6 is 0 Å². The van der Waals surface area contributed by atoms with E-state index in [1.165, 1.54) is 109 Å². The average molecular weight is 437 g/mol. The number of cyclic esters (lactones) is 1. The van der Waals surface area contributed by atoms with E-state index in [1.807, 2.05) is 0 Å². The molecule has 1 atom stereocenters. The summed E-state index contributed by atoms with van der Waals surface area (Å²) >= 11 is 0. The van der Waals surface area contributed by atoms with E-state index < -0.39 is 0 Å². The summed E-state index contributed by atoms with van der Waals surface area (Å²) in [6.07, 6.45) is 26.8. The minimum Gasteiger partial charge on any atom is -0.508 e. The molecule has 182 valence electrons. The van der Waals surface area contributed by atoms with Crippen LogP contribution in [0.4, 0.5) is 0 Å². The standard InChI is InChI=1S/C28H52O3/c1-3-5-7-9-11-13-15-17-19-21-23-25-27(29)26(31-28(25)30)24-22-20-18-16-14-12-10-8-6-4-2/h26,29H,3-24H2,1-2H3. The lowest BCUT2D eigenvalue weighted by molar-refractivity contribution is -0.140. The van der Waals surface area contributed by atoms with Gasteiger partial charge in [0.15, 0.2) is 6.10 Å². The molecule has 0 saturated carbocycles. The zero-order valence-corrected chi connectivity index (χ0v) is 20.9. The fourth-order valence-electron chi connectivity index (χ4n) is 4.59. The molecule has 1 N–H and O–H groups in total. The molecule has 1 aliphatic rings. The highest BCUT2D eigenvalue weighted by molar-refractivity contribution is 5.91. The maximum atomic E-state index is 12.1. The summed E-state index contributed by atoms with van der Waals surface area (Å²) < 4.78 is 5.45. The molecule has 1 rings (SSSR count). The van der Waals surface area contributed by atoms with Gasteiger partial charge in [0.25, 0.3) is 0 Å². The van der Waals surface area contributed by atoms with Crippen molar-refractivity contribution in [3.05, 3.63) is 11.3 Å². The first-order valence-corrected chi connectivity index (χ1v) is 13.8. The first-order chi connectivity index (χ1) is 15.2. The molecule has 0 aromatic carbocycles. The monoisotopic (exact) mass is 436 g/mol. The molecule has 1 heterocycles. The Hall–Kier alpha value is -0.990. The molecular weight excluding hydrogens is 384 g/mol. The third-order valence-electron chi connectivity index (χ3n) is 6.71. The fraction of sp³-hybridized carbons (Fsp3) is 0.893. The van der Waals surface area contributed by atoms with Crippen molar-refractivity contribution in [3.8, 4) is 0 Å². The number of carbonyl (C=O) groups is 1. The Labute approximate surface area is 193 Å². The number of esters is 1. The second-order valence-corrected chi connectivity index (χ2v) is 9.66. The molecule has 31 heavy (non-hydrogen) atoms. The maximum Gasteiger partial charge on any atom is 0.338 e. The third-order valence-corrected chi connectivity index (χ3v) is 6.71. The zero-order valence-electron chi connectivity index (χ0n) is 20.9. The first kappa shape index (κ1) is 28.0. The Balaban J connectivity index is 2.03. The van der Waals surface area contributed by atoms with Gasteiger partial charge in [-0.1, -0.05) is 129 Å². The lowest BCUT2D eigenvalue weighted by Crippen LogP contribution is -2.11. The molecular formula is C28H52O3. The van der Waals surface area contributed by atoms with Crippen molar-refractivity contribution >= 4 is 5.97 Å². The van der Waals surface area contributed by atoms with E-state index in [4.69, 9.17) is 4.74 Å². The van der Waals surface area contributed by atoms with Crippen LogP contribution in [0.5, 0.6) is 0 Å². The van der Waals surface area contributed by atoms with Crippen LogP contribution in [0.1, 0.15) is 155 Å². The quantitative estimate of drug-likeness (QED) is 0.136. The van der Waals surface area contributed by atoms with E-state index in [9.17, 15) is 9.90 Å². The van der Waals surface area contributed by atoms with Crippen LogP contribution in [0, 0.1) is 0 Å². The van der Waals surface area contributed by atoms with E-state index in [0.29, 0.717) is 12.0 Å². The summed E-state index contributed by atoms with van der Waals surface area (Å²) in [5.74, 6) is -0.0395. The van der Waals surface area contributed by atoms with E-state index in [2.05, 4.69) is 13.8 Å². The van der Waals surface area contributed by atoms with Crippen LogP contribution in [0.15, 0.2) is 11.3 Å². The Kier molecular flexibility index (Phi) is 17.8. The van der Waals surface area contributed by atoms with Crippen LogP contribution < -0.4 is 0 Å². The van der Waals surface area contributed by atoms with Crippen molar-refractivity contribution in [2.45, 2.75) is 161 Å². The van der Waals surface area contributed by atoms with E-state index in [-0.39, 0.29) is 17.8 Å². The topological polar surface area (TPSA) is 46.5 Å². The van der Waals surface area contributed by atoms with Gasteiger partial charge < -0.3 is 9.84 Å². The summed E-state index contributed by atoms with van der Waals surface area (Å²) in [6.45, 7) is 4.52. The summed E-state index contributed by atoms with van der Waals surface area (Å²) in [6, 6.07) is 0. The van der Waals surface area contributed by atoms with E-state index in [0.717, 1.165) is 25.7 Å². The number of hydrogen-bond donors (Lipinski definition) is 1. The van der Waals surface area contributed by atoms with Gasteiger partial charge in [0, 0.05) is 0 Å². The van der Waals surface area contributed by atoms with Gasteiger partial charge in [0.2, 0.25) is 0 Å². The van der Waals surface area contributed by atoms with Gasteiger partial charge in [-0.25, -0.2) is 4.79 Å². The largest absolute Gasteiger partial charge is 0.508 e. The number of hydrogen-bond acceptors (Lipinski definition) is 3. The highest BCUT2D eigenvalue weighted by Gasteiger charge is 2.32. The lowest BCUT2D eigenvalue weighted by atomic mass is 10.0. The van der Waals surface area contributed by atoms with Crippen LogP contribution in [0.3, 0.4) is 0 Å². The van der Waals surface area contributed by atoms with Crippen molar-refractivity contribution in [2.24, 2.45) is 0 Å². The molecule has 0 spiro atoms. The van der Waals surface area contributed by atoms with Gasteiger partial charge in [-0.05, 0) is 25.7 Å². The third kappa shape index (κ3) is 13.9. The van der Waals surface area contributed by atoms with Crippen LogP contribution in [-0.2, 0) is 9.53 Å². The zero-order chi connectivity index (χ0) is 22.6. The van der Waals surface area contributed by atoms with Crippen molar-refractivity contribution < 1.29 is 14.6 Å². The minimum atomic E-state index is -0.375. The molecule has 0 radical (unpaired) electrons. The van der Waals surface area contributed by atoms with Crippen LogP contribution in [-0.4, -0.2) is 17.2 Å². The van der Waals surface area contributed by atoms with E-state index in [1.54, 1.807) is 0 Å². The van der Waals surface area contributed by atoms with Crippen LogP contribution in [0.2, 0.25) is 0 Å². The van der Waals surface area contributed by atoms with Crippen molar-refractivity contribution in [2.75, 3.05) is 0 Å². The molecule has 0 aromatic rings. The highest BCUT2D eigenvalue weighted by Crippen LogP contribution is 2.28. The number of ether oxygens (including phenoxy) is 1. The molecule has 1 unspecified atom stereocenters. The normalized spacial score (nSPS) is 16.3. The van der Waals surface area contributed by atoms with Gasteiger partial charge in [0.1, 0.15) is 5.76 Å². The Morgan fingerprint density at radius 2 is 1.00 bits per heavy atom. The van der Waals surface area contributed by atoms with Gasteiger partial charge in [-0.15, -0.1) is 0 Å². The number of aliphatic hydroxyl groups is 1. The second-order valence-electron chi connectivity index (χ2n) is 9.66. The summed E-state index contributed by atoms with van der Waals surface area (Å²) in [5.41, 5.74) is 0.552. The van der Waals surface area contributed by atoms with Crippen molar-refractivity contribution in [1.29, 1.82) is 0 Å². The van der Waals surface area contributed by atoms with Gasteiger partial charge in [0.05, 0.1) is 5.57 Å². The number of aliphatic hydroxyl groups excluding tert-OH is 1. The number of carbonyl (C=O) groups excluding carboxylic acids is 1. The summed E-state index contributed by atoms with van der Waals surface area (Å²) in [7, 11) is 0. The fourth-order valence-corrected chi connectivity index (χ4v) is 4.59. The van der Waals surface area contributed by atoms with Crippen molar-refractivity contribution in [1.82, 2.24) is 0 Å². The SMILES string of the molecule is CCCCCCCCCCCCC1=C(O)C(CCCCCCCCCCCC)OC1=O. The highest BCUT2D eigenvalue weighted by atomic mass is 16.6. The molecule has 3 nitrogen and oxygen atoms in total. The van der Waals surface area contributed by atoms with Gasteiger partial charge in [-0.3, -0.25) is 0 Å². The van der Waals surface area contributed by atoms with Crippen molar-refractivity contribution in [3.63, 3.8) is 0 Å². The van der Waals surface area contributed by atoms with Crippen LogP contribution in [0.25, 0.3) is 0 Å². The predicted molar refractivity (Wildman–Crippen MR) is 132 cm³/mol. The van der Waals surface area contributed by atoms with E-state index >= 15 is 0 Å². The molecule has 0 aromatic heterocycles. The molecule has 0 bridgehead atoms.